The molecule has 2 aliphatic carbocycles. The van der Waals surface area contributed by atoms with Crippen molar-refractivity contribution in [2.75, 3.05) is 0 Å². The van der Waals surface area contributed by atoms with Crippen LogP contribution in [0.15, 0.2) is 36.4 Å². The van der Waals surface area contributed by atoms with E-state index in [1.54, 1.807) is 0 Å². The summed E-state index contributed by atoms with van der Waals surface area (Å²) in [5, 5.41) is 9.30. The van der Waals surface area contributed by atoms with Crippen molar-refractivity contribution in [3.05, 3.63) is 47.8 Å². The van der Waals surface area contributed by atoms with Gasteiger partial charge in [-0.15, -0.1) is 0 Å². The van der Waals surface area contributed by atoms with Gasteiger partial charge in [-0.25, -0.2) is 4.39 Å². The third-order valence-corrected chi connectivity index (χ3v) is 4.46. The number of hydrazine groups is 1. The van der Waals surface area contributed by atoms with Crippen LogP contribution < -0.4 is 10.9 Å². The molecule has 1 aromatic rings. The Morgan fingerprint density at radius 1 is 1.04 bits per heavy atom. The second-order valence-electron chi connectivity index (χ2n) is 5.76. The first-order valence-electron chi connectivity index (χ1n) is 7.25. The highest BCUT2D eigenvalue weighted by Crippen LogP contribution is 2.48. The van der Waals surface area contributed by atoms with E-state index in [9.17, 15) is 23.9 Å². The van der Waals surface area contributed by atoms with Crippen molar-refractivity contribution in [2.45, 2.75) is 6.42 Å². The Morgan fingerprint density at radius 2 is 1.70 bits per heavy atom. The number of rotatable bonds is 3. The van der Waals surface area contributed by atoms with E-state index in [-0.39, 0.29) is 17.4 Å². The minimum absolute atomic E-state index is 0.147. The lowest BCUT2D eigenvalue weighted by atomic mass is 9.82. The second-order valence-corrected chi connectivity index (χ2v) is 5.76. The molecule has 2 bridgehead atoms. The Bertz CT molecular complexity index is 703. The lowest BCUT2D eigenvalue weighted by Gasteiger charge is -2.23. The molecule has 1 saturated carbocycles. The van der Waals surface area contributed by atoms with Gasteiger partial charge >= 0.3 is 5.97 Å². The lowest BCUT2D eigenvalue weighted by Crippen LogP contribution is -2.48. The van der Waals surface area contributed by atoms with E-state index in [0.29, 0.717) is 6.42 Å². The molecule has 1 aromatic carbocycles. The fourth-order valence-electron chi connectivity index (χ4n) is 3.43. The molecule has 0 heterocycles. The first kappa shape index (κ1) is 15.2. The average molecular weight is 318 g/mol. The smallest absolute Gasteiger partial charge is 0.307 e. The number of fused-ring (bicyclic) bond motifs is 2. The molecule has 0 unspecified atom stereocenters. The second kappa shape index (κ2) is 5.83. The van der Waals surface area contributed by atoms with Crippen molar-refractivity contribution in [3.8, 4) is 0 Å². The molecule has 3 N–H and O–H groups in total. The number of amides is 2. The molecule has 0 spiro atoms. The Hall–Kier alpha value is -2.70. The Morgan fingerprint density at radius 3 is 2.35 bits per heavy atom. The molecule has 0 aliphatic heterocycles. The van der Waals surface area contributed by atoms with Crippen LogP contribution >= 0.6 is 0 Å². The Kier molecular flexibility index (Phi) is 3.85. The Labute approximate surface area is 131 Å². The number of aliphatic carboxylic acids is 1. The van der Waals surface area contributed by atoms with Crippen LogP contribution in [0.2, 0.25) is 0 Å². The molecule has 23 heavy (non-hydrogen) atoms. The van der Waals surface area contributed by atoms with Gasteiger partial charge in [0.2, 0.25) is 5.91 Å². The summed E-state index contributed by atoms with van der Waals surface area (Å²) in [6.45, 7) is 0. The van der Waals surface area contributed by atoms with Crippen molar-refractivity contribution in [3.63, 3.8) is 0 Å². The van der Waals surface area contributed by atoms with Gasteiger partial charge in [0.15, 0.2) is 0 Å². The number of carbonyl (C=O) groups is 3. The number of carboxylic acids is 1. The SMILES string of the molecule is O=C(NNC(=O)[C@H]1[C@@H](C(=O)O)[C@H]2C=C[C@H]1C2)c1ccccc1F. The summed E-state index contributed by atoms with van der Waals surface area (Å²) in [6.07, 6.45) is 4.29. The summed E-state index contributed by atoms with van der Waals surface area (Å²) < 4.78 is 13.5. The predicted molar refractivity (Wildman–Crippen MR) is 77.4 cm³/mol. The van der Waals surface area contributed by atoms with E-state index >= 15 is 0 Å². The molecule has 2 amide bonds. The van der Waals surface area contributed by atoms with E-state index in [1.165, 1.54) is 18.2 Å². The van der Waals surface area contributed by atoms with Gasteiger partial charge in [-0.2, -0.15) is 0 Å². The summed E-state index contributed by atoms with van der Waals surface area (Å²) in [5.41, 5.74) is 4.16. The third kappa shape index (κ3) is 2.69. The maximum atomic E-state index is 13.5. The van der Waals surface area contributed by atoms with Crippen molar-refractivity contribution >= 4 is 17.8 Å². The van der Waals surface area contributed by atoms with Crippen LogP contribution in [0.4, 0.5) is 4.39 Å². The lowest BCUT2D eigenvalue weighted by molar-refractivity contribution is -0.148. The first-order valence-corrected chi connectivity index (χ1v) is 7.25. The summed E-state index contributed by atoms with van der Waals surface area (Å²) in [7, 11) is 0. The standard InChI is InChI=1S/C16H15FN2O4/c17-11-4-2-1-3-10(11)14(20)18-19-15(21)12-8-5-6-9(7-8)13(12)16(22)23/h1-6,8-9,12-13H,7H2,(H,18,20)(H,19,21)(H,22,23)/t8-,9-,12+,13-/m0/s1. The molecule has 1 fully saturated rings. The molecular weight excluding hydrogens is 303 g/mol. The molecule has 4 atom stereocenters. The number of benzene rings is 1. The zero-order valence-corrected chi connectivity index (χ0v) is 12.0. The molecule has 2 aliphatic rings. The summed E-state index contributed by atoms with van der Waals surface area (Å²) in [6, 6.07) is 5.37. The molecule has 0 saturated heterocycles. The van der Waals surface area contributed by atoms with Crippen LogP contribution in [0.3, 0.4) is 0 Å². The topological polar surface area (TPSA) is 95.5 Å². The number of carbonyl (C=O) groups excluding carboxylic acids is 2. The van der Waals surface area contributed by atoms with Gasteiger partial charge in [0.25, 0.3) is 5.91 Å². The zero-order chi connectivity index (χ0) is 16.6. The highest BCUT2D eigenvalue weighted by molar-refractivity contribution is 5.96. The third-order valence-electron chi connectivity index (χ3n) is 4.46. The molecular formula is C16H15FN2O4. The van der Waals surface area contributed by atoms with E-state index < -0.39 is 35.4 Å². The number of allylic oxidation sites excluding steroid dienone is 2. The van der Waals surface area contributed by atoms with Crippen LogP contribution in [0, 0.1) is 29.5 Å². The van der Waals surface area contributed by atoms with Crippen molar-refractivity contribution < 1.29 is 23.9 Å². The number of hydrogen-bond acceptors (Lipinski definition) is 3. The van der Waals surface area contributed by atoms with Crippen molar-refractivity contribution in [2.24, 2.45) is 23.7 Å². The van der Waals surface area contributed by atoms with Gasteiger partial charge in [-0.05, 0) is 30.4 Å². The van der Waals surface area contributed by atoms with Crippen LogP contribution in [-0.4, -0.2) is 22.9 Å². The molecule has 0 aromatic heterocycles. The fraction of sp³-hybridized carbons (Fsp3) is 0.312. The monoisotopic (exact) mass is 318 g/mol. The number of hydrogen-bond donors (Lipinski definition) is 3. The van der Waals surface area contributed by atoms with Crippen LogP contribution in [-0.2, 0) is 9.59 Å². The molecule has 7 heteroatoms. The minimum Gasteiger partial charge on any atom is -0.481 e. The zero-order valence-electron chi connectivity index (χ0n) is 12.0. The van der Waals surface area contributed by atoms with Gasteiger partial charge in [0, 0.05) is 0 Å². The van der Waals surface area contributed by atoms with Gasteiger partial charge in [0.1, 0.15) is 5.82 Å². The maximum absolute atomic E-state index is 13.5. The summed E-state index contributed by atoms with van der Waals surface area (Å²) in [4.78, 5) is 35.5. The number of nitrogens with one attached hydrogen (secondary N) is 2. The quantitative estimate of drug-likeness (QED) is 0.575. The van der Waals surface area contributed by atoms with E-state index in [1.807, 2.05) is 12.2 Å². The largest absolute Gasteiger partial charge is 0.481 e. The van der Waals surface area contributed by atoms with Crippen LogP contribution in [0.5, 0.6) is 0 Å². The molecule has 6 nitrogen and oxygen atoms in total. The summed E-state index contributed by atoms with van der Waals surface area (Å²) >= 11 is 0. The predicted octanol–water partition coefficient (Wildman–Crippen LogP) is 1.11. The minimum atomic E-state index is -1.03. The fourth-order valence-corrected chi connectivity index (χ4v) is 3.43. The maximum Gasteiger partial charge on any atom is 0.307 e. The first-order chi connectivity index (χ1) is 11.0. The van der Waals surface area contributed by atoms with Gasteiger partial charge < -0.3 is 5.11 Å². The Balaban J connectivity index is 1.66. The number of carboxylic acid groups (broad SMARTS) is 1. The highest BCUT2D eigenvalue weighted by Gasteiger charge is 2.51. The van der Waals surface area contributed by atoms with Crippen molar-refractivity contribution in [1.82, 2.24) is 10.9 Å². The van der Waals surface area contributed by atoms with Gasteiger partial charge in [-0.1, -0.05) is 24.3 Å². The molecule has 120 valence electrons. The van der Waals surface area contributed by atoms with E-state index in [0.717, 1.165) is 6.07 Å². The van der Waals surface area contributed by atoms with Crippen LogP contribution in [0.1, 0.15) is 16.8 Å². The van der Waals surface area contributed by atoms with Crippen molar-refractivity contribution in [1.29, 1.82) is 0 Å². The number of halogens is 1. The van der Waals surface area contributed by atoms with E-state index in [4.69, 9.17) is 0 Å². The van der Waals surface area contributed by atoms with E-state index in [2.05, 4.69) is 10.9 Å². The highest BCUT2D eigenvalue weighted by atomic mass is 19.1. The van der Waals surface area contributed by atoms with Gasteiger partial charge in [-0.3, -0.25) is 25.2 Å². The van der Waals surface area contributed by atoms with Gasteiger partial charge in [0.05, 0.1) is 17.4 Å². The van der Waals surface area contributed by atoms with Crippen LogP contribution in [0.25, 0.3) is 0 Å². The average Bonchev–Trinajstić information content (AvgIpc) is 3.13. The molecule has 0 radical (unpaired) electrons. The normalized spacial score (nSPS) is 27.7. The summed E-state index contributed by atoms with van der Waals surface area (Å²) in [5.74, 6) is -4.92. The molecule has 3 rings (SSSR count).